The number of amides is 1. The lowest BCUT2D eigenvalue weighted by Crippen LogP contribution is -2.69. The molecule has 115 heavy (non-hydrogen) atoms. The number of ether oxygens (including phenoxy) is 16. The number of aliphatic hydroxyl groups is 21. The lowest BCUT2D eigenvalue weighted by Gasteiger charge is -2.72. The molecule has 12 fully saturated rings. The van der Waals surface area contributed by atoms with E-state index < -0.39 is 330 Å². The molecule has 22 N–H and O–H groups in total. The fourth-order valence-electron chi connectivity index (χ4n) is 21.5. The molecule has 40 nitrogen and oxygen atoms in total. The number of esters is 1. The highest BCUT2D eigenvalue weighted by atomic mass is 16.8. The van der Waals surface area contributed by atoms with Crippen LogP contribution in [-0.2, 0) is 85.4 Å². The van der Waals surface area contributed by atoms with Crippen molar-refractivity contribution in [3.63, 3.8) is 0 Å². The first kappa shape index (κ1) is 90.0. The van der Waals surface area contributed by atoms with Gasteiger partial charge in [-0.2, -0.15) is 0 Å². The molecule has 0 aromatic heterocycles. The van der Waals surface area contributed by atoms with E-state index in [1.54, 1.807) is 0 Å². The van der Waals surface area contributed by atoms with Crippen LogP contribution in [-0.4, -0.2) is 399 Å². The van der Waals surface area contributed by atoms with Crippen molar-refractivity contribution in [3.8, 4) is 0 Å². The van der Waals surface area contributed by atoms with Gasteiger partial charge in [0.15, 0.2) is 50.1 Å². The Balaban J connectivity index is 0.757. The minimum absolute atomic E-state index is 0.0541. The third-order valence-electron chi connectivity index (χ3n) is 28.4. The smallest absolute Gasteiger partial charge is 0.317 e. The van der Waals surface area contributed by atoms with Crippen molar-refractivity contribution in [1.29, 1.82) is 0 Å². The Morgan fingerprint density at radius 2 is 1.02 bits per heavy atom. The van der Waals surface area contributed by atoms with Crippen molar-refractivity contribution in [2.24, 2.45) is 50.2 Å². The molecule has 13 aliphatic rings. The molecule has 0 aromatic rings. The highest BCUT2D eigenvalue weighted by molar-refractivity contribution is 5.80. The maximum Gasteiger partial charge on any atom is 0.317 e. The third kappa shape index (κ3) is 16.2. The molecule has 5 aliphatic carbocycles. The summed E-state index contributed by atoms with van der Waals surface area (Å²) in [5.74, 6) is -2.53. The number of carbonyl (C=O) groups is 2. The highest BCUT2D eigenvalue weighted by Gasteiger charge is 2.73. The van der Waals surface area contributed by atoms with Crippen molar-refractivity contribution in [3.05, 3.63) is 11.6 Å². The van der Waals surface area contributed by atoms with Gasteiger partial charge in [0.05, 0.1) is 71.7 Å². The van der Waals surface area contributed by atoms with Crippen molar-refractivity contribution in [2.45, 2.75) is 334 Å². The number of allylic oxidation sites excluding steroid dienone is 2. The van der Waals surface area contributed by atoms with E-state index in [2.05, 4.69) is 59.9 Å². The summed E-state index contributed by atoms with van der Waals surface area (Å²) in [5.41, 5.74) is -6.01. The summed E-state index contributed by atoms with van der Waals surface area (Å²) in [7, 11) is 0. The fourth-order valence-corrected chi connectivity index (χ4v) is 21.5. The zero-order valence-electron chi connectivity index (χ0n) is 65.5. The lowest BCUT2D eigenvalue weighted by atomic mass is 9.33. The average molecular weight is 1660 g/mol. The Kier molecular flexibility index (Phi) is 26.9. The van der Waals surface area contributed by atoms with Crippen LogP contribution >= 0.6 is 0 Å². The second kappa shape index (κ2) is 34.4. The predicted molar refractivity (Wildman–Crippen MR) is 376 cm³/mol. The Morgan fingerprint density at radius 1 is 0.487 bits per heavy atom. The summed E-state index contributed by atoms with van der Waals surface area (Å²) >= 11 is 0. The van der Waals surface area contributed by atoms with E-state index in [1.165, 1.54) is 6.92 Å². The van der Waals surface area contributed by atoms with Gasteiger partial charge in [-0.3, -0.25) is 9.59 Å². The summed E-state index contributed by atoms with van der Waals surface area (Å²) in [6.45, 7) is 9.92. The van der Waals surface area contributed by atoms with E-state index in [0.29, 0.717) is 44.9 Å². The number of aliphatic hydroxyl groups excluding tert-OH is 20. The highest BCUT2D eigenvalue weighted by Crippen LogP contribution is 2.76. The molecule has 0 aromatic carbocycles. The average Bonchev–Trinajstić information content (AvgIpc) is 0.800. The van der Waals surface area contributed by atoms with Crippen LogP contribution in [0.5, 0.6) is 0 Å². The van der Waals surface area contributed by atoms with Crippen LogP contribution in [0.3, 0.4) is 0 Å². The molecular weight excluding hydrogens is 1540 g/mol. The number of nitrogens with one attached hydrogen (secondary N) is 1. The van der Waals surface area contributed by atoms with E-state index in [-0.39, 0.29) is 24.7 Å². The second-order valence-electron chi connectivity index (χ2n) is 36.3. The first-order chi connectivity index (χ1) is 54.0. The number of hydrogen-bond acceptors (Lipinski definition) is 39. The molecule has 4 saturated carbocycles. The molecule has 8 heterocycles. The van der Waals surface area contributed by atoms with Gasteiger partial charge in [0.2, 0.25) is 12.2 Å². The maximum absolute atomic E-state index is 16.1. The van der Waals surface area contributed by atoms with E-state index in [9.17, 15) is 112 Å². The van der Waals surface area contributed by atoms with Crippen LogP contribution in [0, 0.1) is 50.2 Å². The fraction of sp³-hybridized carbons (Fsp3) is 0.947. The lowest BCUT2D eigenvalue weighted by molar-refractivity contribution is -0.377. The van der Waals surface area contributed by atoms with E-state index in [0.717, 1.165) is 5.57 Å². The minimum atomic E-state index is -2.18. The Bertz CT molecular complexity index is 3350. The van der Waals surface area contributed by atoms with Crippen molar-refractivity contribution in [2.75, 3.05) is 59.5 Å². The van der Waals surface area contributed by atoms with Gasteiger partial charge in [0.25, 0.3) is 0 Å². The molecule has 0 spiro atoms. The van der Waals surface area contributed by atoms with Crippen LogP contribution < -0.4 is 5.32 Å². The van der Waals surface area contributed by atoms with Crippen molar-refractivity contribution in [1.82, 2.24) is 5.32 Å². The molecule has 8 saturated heterocycles. The van der Waals surface area contributed by atoms with Gasteiger partial charge >= 0.3 is 5.97 Å². The van der Waals surface area contributed by atoms with Crippen molar-refractivity contribution < 1.29 is 193 Å². The summed E-state index contributed by atoms with van der Waals surface area (Å²) in [4.78, 5) is 29.3. The summed E-state index contributed by atoms with van der Waals surface area (Å²) < 4.78 is 96.4. The molecule has 0 unspecified atom stereocenters. The number of hydrogen-bond donors (Lipinski definition) is 22. The summed E-state index contributed by atoms with van der Waals surface area (Å²) in [6, 6.07) is -1.46. The molecule has 13 rings (SSSR count). The largest absolute Gasteiger partial charge is 0.432 e. The van der Waals surface area contributed by atoms with Crippen LogP contribution in [0.4, 0.5) is 0 Å². The second-order valence-corrected chi connectivity index (χ2v) is 36.3. The minimum Gasteiger partial charge on any atom is -0.432 e. The number of carbonyl (C=O) groups excluding carboxylic acids is 2. The molecular formula is C75H121NO39. The van der Waals surface area contributed by atoms with E-state index in [1.807, 2.05) is 0 Å². The van der Waals surface area contributed by atoms with E-state index in [4.69, 9.17) is 75.8 Å². The third-order valence-corrected chi connectivity index (χ3v) is 28.4. The van der Waals surface area contributed by atoms with Crippen molar-refractivity contribution >= 4 is 11.9 Å². The molecule has 8 aliphatic heterocycles. The normalized spacial score (nSPS) is 53.1. The van der Waals surface area contributed by atoms with Crippen LogP contribution in [0.25, 0.3) is 0 Å². The number of rotatable bonds is 21. The molecule has 0 bridgehead atoms. The Morgan fingerprint density at radius 3 is 1.62 bits per heavy atom. The predicted octanol–water partition coefficient (Wildman–Crippen LogP) is -8.43. The van der Waals surface area contributed by atoms with Gasteiger partial charge in [-0.1, -0.05) is 60.1 Å². The molecule has 43 atom stereocenters. The van der Waals surface area contributed by atoms with Gasteiger partial charge in [-0.05, 0) is 103 Å². The Labute approximate surface area is 662 Å². The standard InChI is InChI=1S/C75H121NO39/c1-28(80)76-42-46(89)57(113-65-50(93)47(90)45(88)35(19-77)106-65)37(25-104-61-52(95)54(33(83)23-100-61)110-62-48(91)43(86)31(81)21-101-62)108-60(42)109-41-12-13-71(6)38(70(41,4)5)11-14-72(7)39(71)10-9-29-30-17-69(2,3)15-16-75(30,40(85)18-73(29,72)8)68(98)115-66-58(51(94)56(36(20-78)107-66)112-63-49(92)44(87)32(82)22-102-63)114-64-53(96)55(34(84)24-103-64)111-67-59(97)74(99,26-79)27-105-67/h9,30-67,77-79,81-97,99H,10-27H2,1-8H3,(H,76,80)/t30-,31+,32+,33-,34+,35+,36+,37+,38-,39+,40+,41-,42+,43-,44-,45+,46+,47-,48+,49+,50+,51-,52+,53+,54-,55-,56+,57+,58+,59-,60-,61-,62-,63-,64-,65-,66-,67-,71-,72+,73+,74+,75+/m0/s1. The summed E-state index contributed by atoms with van der Waals surface area (Å²) in [5, 5.41) is 235. The Hall–Kier alpha value is -2.76. The van der Waals surface area contributed by atoms with Gasteiger partial charge in [0, 0.05) is 6.92 Å². The monoisotopic (exact) mass is 1660 g/mol. The van der Waals surface area contributed by atoms with E-state index >= 15 is 4.79 Å². The van der Waals surface area contributed by atoms with Crippen LogP contribution in [0.1, 0.15) is 113 Å². The zero-order chi connectivity index (χ0) is 83.6. The molecule has 1 amide bonds. The first-order valence-corrected chi connectivity index (χ1v) is 39.9. The molecule has 0 radical (unpaired) electrons. The topological polar surface area (TPSA) is 619 Å². The zero-order valence-corrected chi connectivity index (χ0v) is 65.5. The van der Waals surface area contributed by atoms with Gasteiger partial charge < -0.3 is 188 Å². The van der Waals surface area contributed by atoms with Crippen LogP contribution in [0.15, 0.2) is 11.6 Å². The van der Waals surface area contributed by atoms with Crippen LogP contribution in [0.2, 0.25) is 0 Å². The SMILES string of the molecule is CC(=O)N[C@H]1[C@H](O[C@H]2CC[C@]3(C)[C@H]4CC=C5[C@@H]6CC(C)(C)CC[C@]6(C(=O)O[C@@H]6O[C@H](CO)[C@@H](O[C@@H]7OC[C@@H](O)[C@H](O)[C@H]7O)[C@H](O)[C@H]6O[C@@H]6OC[C@@H](O)[C@H](O[C@@H]7OC[C@](O)(CO)[C@H]7O)[C@H]6O)[C@H](O)C[C@@]5(C)[C@]4(C)CC[C@H]3C2(C)C)O[C@H](CO[C@@H]2OC[C@H](O)[C@H](O[C@@H]3OC[C@@H](O)[C@H](O)[C@H]3O)[C@H]2O)[C@@H](O[C@@H]2O[C@H](CO)[C@@H](O)[C@H](O)[C@H]2O)[C@@H]1O. The van der Waals surface area contributed by atoms with Gasteiger partial charge in [-0.25, -0.2) is 0 Å². The quantitative estimate of drug-likeness (QED) is 0.0288. The maximum atomic E-state index is 16.1. The summed E-state index contributed by atoms with van der Waals surface area (Å²) in [6.07, 6.45) is -52.9. The molecule has 40 heteroatoms. The van der Waals surface area contributed by atoms with Gasteiger partial charge in [-0.15, -0.1) is 0 Å². The number of fused-ring (bicyclic) bond motifs is 7. The van der Waals surface area contributed by atoms with Gasteiger partial charge in [0.1, 0.15) is 157 Å². The first-order valence-electron chi connectivity index (χ1n) is 39.9. The molecule has 660 valence electrons.